The lowest BCUT2D eigenvalue weighted by atomic mass is 10.2. The second-order valence-corrected chi connectivity index (χ2v) is 5.69. The number of anilines is 1. The van der Waals surface area contributed by atoms with Crippen molar-refractivity contribution in [2.75, 3.05) is 12.4 Å². The van der Waals surface area contributed by atoms with Crippen LogP contribution < -0.4 is 5.32 Å². The monoisotopic (exact) mass is 339 g/mol. The summed E-state index contributed by atoms with van der Waals surface area (Å²) in [5.74, 6) is 1.24. The Kier molecular flexibility index (Phi) is 5.58. The van der Waals surface area contributed by atoms with E-state index in [2.05, 4.69) is 25.1 Å². The van der Waals surface area contributed by atoms with Crippen molar-refractivity contribution in [3.63, 3.8) is 0 Å². The molecule has 1 amide bonds. The number of H-pyrrole nitrogens is 1. The highest BCUT2D eigenvalue weighted by atomic mass is 16.5. The maximum Gasteiger partial charge on any atom is 0.224 e. The summed E-state index contributed by atoms with van der Waals surface area (Å²) in [6, 6.07) is 11.5. The Morgan fingerprint density at radius 3 is 2.92 bits per heavy atom. The third-order valence-corrected chi connectivity index (χ3v) is 3.70. The van der Waals surface area contributed by atoms with Gasteiger partial charge in [0, 0.05) is 43.7 Å². The first kappa shape index (κ1) is 16.9. The lowest BCUT2D eigenvalue weighted by Gasteiger charge is -2.07. The molecule has 0 atom stereocenters. The average Bonchev–Trinajstić information content (AvgIpc) is 3.27. The van der Waals surface area contributed by atoms with Crippen LogP contribution in [0.3, 0.4) is 0 Å². The lowest BCUT2D eigenvalue weighted by Crippen LogP contribution is -2.12. The van der Waals surface area contributed by atoms with Gasteiger partial charge in [-0.1, -0.05) is 12.1 Å². The molecule has 25 heavy (non-hydrogen) atoms. The molecule has 0 unspecified atom stereocenters. The Bertz CT molecular complexity index is 811. The van der Waals surface area contributed by atoms with E-state index in [0.29, 0.717) is 24.7 Å². The molecule has 3 aromatic rings. The van der Waals surface area contributed by atoms with Crippen molar-refractivity contribution in [2.45, 2.75) is 26.0 Å². The molecule has 0 spiro atoms. The predicted octanol–water partition coefficient (Wildman–Crippen LogP) is 2.84. The minimum atomic E-state index is -0.000588. The number of benzene rings is 1. The van der Waals surface area contributed by atoms with Gasteiger partial charge >= 0.3 is 0 Å². The Balaban J connectivity index is 1.56. The molecule has 0 aliphatic carbocycles. The van der Waals surface area contributed by atoms with Gasteiger partial charge in [0.25, 0.3) is 0 Å². The minimum Gasteiger partial charge on any atom is -0.377 e. The molecule has 3 rings (SSSR count). The Morgan fingerprint density at radius 2 is 2.12 bits per heavy atom. The number of carbonyl (C=O) groups excluding carboxylic acids is 1. The summed E-state index contributed by atoms with van der Waals surface area (Å²) in [6.45, 7) is 1.21. The summed E-state index contributed by atoms with van der Waals surface area (Å²) >= 11 is 0. The van der Waals surface area contributed by atoms with Crippen LogP contribution in [-0.2, 0) is 22.7 Å². The summed E-state index contributed by atoms with van der Waals surface area (Å²) in [4.78, 5) is 16.5. The van der Waals surface area contributed by atoms with Crippen LogP contribution in [0.1, 0.15) is 18.7 Å². The normalized spacial score (nSPS) is 10.8. The van der Waals surface area contributed by atoms with E-state index in [4.69, 9.17) is 4.74 Å². The van der Waals surface area contributed by atoms with E-state index in [0.717, 1.165) is 24.2 Å². The van der Waals surface area contributed by atoms with Gasteiger partial charge in [-0.3, -0.25) is 9.89 Å². The number of nitrogens with one attached hydrogen (secondary N) is 2. The molecule has 2 N–H and O–H groups in total. The molecule has 0 saturated carbocycles. The maximum atomic E-state index is 12.1. The lowest BCUT2D eigenvalue weighted by molar-refractivity contribution is -0.116. The molecular formula is C18H21N5O2. The van der Waals surface area contributed by atoms with Crippen LogP contribution in [0.15, 0.2) is 48.8 Å². The second kappa shape index (κ2) is 8.25. The van der Waals surface area contributed by atoms with Crippen LogP contribution in [0, 0.1) is 0 Å². The molecule has 1 aromatic carbocycles. The number of aromatic nitrogens is 4. The third-order valence-electron chi connectivity index (χ3n) is 3.70. The van der Waals surface area contributed by atoms with E-state index in [9.17, 15) is 4.79 Å². The summed E-state index contributed by atoms with van der Waals surface area (Å²) in [6.07, 6.45) is 5.26. The van der Waals surface area contributed by atoms with Gasteiger partial charge < -0.3 is 14.6 Å². The van der Waals surface area contributed by atoms with Crippen LogP contribution >= 0.6 is 0 Å². The van der Waals surface area contributed by atoms with Crippen molar-refractivity contribution in [1.29, 1.82) is 0 Å². The molecule has 0 fully saturated rings. The van der Waals surface area contributed by atoms with E-state index in [1.165, 1.54) is 0 Å². The number of nitrogens with zero attached hydrogens (tertiary/aromatic N) is 3. The second-order valence-electron chi connectivity index (χ2n) is 5.69. The first-order chi connectivity index (χ1) is 12.2. The minimum absolute atomic E-state index is 0.000588. The quantitative estimate of drug-likeness (QED) is 0.661. The molecule has 2 aromatic heterocycles. The summed E-state index contributed by atoms with van der Waals surface area (Å²) in [5.41, 5.74) is 1.57. The molecule has 0 bridgehead atoms. The van der Waals surface area contributed by atoms with Gasteiger partial charge in [-0.25, -0.2) is 4.98 Å². The Labute approximate surface area is 146 Å². The van der Waals surface area contributed by atoms with Gasteiger partial charge in [-0.05, 0) is 30.7 Å². The number of methoxy groups -OCH3 is 1. The van der Waals surface area contributed by atoms with Crippen LogP contribution in [0.2, 0.25) is 0 Å². The van der Waals surface area contributed by atoms with Crippen molar-refractivity contribution in [2.24, 2.45) is 0 Å². The van der Waals surface area contributed by atoms with Gasteiger partial charge in [0.1, 0.15) is 6.61 Å². The number of aryl methyl sites for hydroxylation is 1. The van der Waals surface area contributed by atoms with Crippen molar-refractivity contribution in [3.8, 4) is 11.4 Å². The third kappa shape index (κ3) is 4.77. The van der Waals surface area contributed by atoms with Gasteiger partial charge in [-0.2, -0.15) is 5.10 Å². The molecule has 7 nitrogen and oxygen atoms in total. The van der Waals surface area contributed by atoms with Crippen molar-refractivity contribution in [1.82, 2.24) is 19.7 Å². The molecule has 0 saturated heterocycles. The van der Waals surface area contributed by atoms with Gasteiger partial charge in [0.2, 0.25) is 5.91 Å². The maximum absolute atomic E-state index is 12.1. The standard InChI is InChI=1S/C18H21N5O2/c1-25-13-16-20-18(22-21-16)14-6-4-7-15(12-14)19-17(24)8-5-11-23-9-2-3-10-23/h2-4,6-7,9-10,12H,5,8,11,13H2,1H3,(H,19,24)(H,20,21,22). The zero-order chi connectivity index (χ0) is 17.5. The fraction of sp³-hybridized carbons (Fsp3) is 0.278. The first-order valence-corrected chi connectivity index (χ1v) is 8.16. The molecule has 130 valence electrons. The summed E-state index contributed by atoms with van der Waals surface area (Å²) < 4.78 is 7.09. The molecule has 0 aliphatic heterocycles. The number of hydrogen-bond acceptors (Lipinski definition) is 4. The van der Waals surface area contributed by atoms with Crippen LogP contribution in [0.25, 0.3) is 11.4 Å². The van der Waals surface area contributed by atoms with E-state index >= 15 is 0 Å². The summed E-state index contributed by atoms with van der Waals surface area (Å²) in [7, 11) is 1.61. The Hall–Kier alpha value is -2.93. The van der Waals surface area contributed by atoms with E-state index in [1.54, 1.807) is 7.11 Å². The molecule has 2 heterocycles. The number of ether oxygens (including phenoxy) is 1. The van der Waals surface area contributed by atoms with Crippen molar-refractivity contribution in [3.05, 3.63) is 54.6 Å². The summed E-state index contributed by atoms with van der Waals surface area (Å²) in [5, 5.41) is 9.93. The van der Waals surface area contributed by atoms with Crippen LogP contribution in [0.4, 0.5) is 5.69 Å². The molecule has 0 radical (unpaired) electrons. The highest BCUT2D eigenvalue weighted by Gasteiger charge is 2.08. The predicted molar refractivity (Wildman–Crippen MR) is 94.8 cm³/mol. The van der Waals surface area contributed by atoms with E-state index in [1.807, 2.05) is 48.8 Å². The fourth-order valence-corrected chi connectivity index (χ4v) is 2.53. The fourth-order valence-electron chi connectivity index (χ4n) is 2.53. The van der Waals surface area contributed by atoms with Gasteiger partial charge in [-0.15, -0.1) is 0 Å². The number of aromatic amines is 1. The molecule has 0 aliphatic rings. The number of amides is 1. The zero-order valence-electron chi connectivity index (χ0n) is 14.1. The largest absolute Gasteiger partial charge is 0.377 e. The highest BCUT2D eigenvalue weighted by molar-refractivity contribution is 5.91. The average molecular weight is 339 g/mol. The number of carbonyl (C=O) groups is 1. The van der Waals surface area contributed by atoms with E-state index < -0.39 is 0 Å². The zero-order valence-corrected chi connectivity index (χ0v) is 14.1. The SMILES string of the molecule is COCc1nc(-c2cccc(NC(=O)CCCn3cccc3)c2)n[nH]1. The van der Waals surface area contributed by atoms with E-state index in [-0.39, 0.29) is 5.91 Å². The van der Waals surface area contributed by atoms with Gasteiger partial charge in [0.05, 0.1) is 0 Å². The smallest absolute Gasteiger partial charge is 0.224 e. The molecular weight excluding hydrogens is 318 g/mol. The topological polar surface area (TPSA) is 84.8 Å². The number of hydrogen-bond donors (Lipinski definition) is 2. The van der Waals surface area contributed by atoms with Crippen LogP contribution in [0.5, 0.6) is 0 Å². The van der Waals surface area contributed by atoms with Crippen LogP contribution in [-0.4, -0.2) is 32.8 Å². The Morgan fingerprint density at radius 1 is 1.28 bits per heavy atom. The number of rotatable bonds is 8. The first-order valence-electron chi connectivity index (χ1n) is 8.16. The molecule has 7 heteroatoms. The van der Waals surface area contributed by atoms with Gasteiger partial charge in [0.15, 0.2) is 11.6 Å². The van der Waals surface area contributed by atoms with Crippen molar-refractivity contribution >= 4 is 11.6 Å². The highest BCUT2D eigenvalue weighted by Crippen LogP contribution is 2.19. The van der Waals surface area contributed by atoms with Crippen molar-refractivity contribution < 1.29 is 9.53 Å².